The van der Waals surface area contributed by atoms with E-state index in [1.807, 2.05) is 6.07 Å². The highest BCUT2D eigenvalue weighted by Gasteiger charge is 2.29. The molecule has 0 spiro atoms. The molecule has 160 valence electrons. The summed E-state index contributed by atoms with van der Waals surface area (Å²) in [6, 6.07) is 14.8. The Hall–Kier alpha value is -2.83. The standard InChI is InChI=1S/C23H27F2N3O2/c24-23(25)30-19-9-7-17(8-10-19)11-12-26-22(29)16-28-14-13-27(15-18-5-6-18)20-3-1-2-4-21(20)28/h1-4,7-10,18,23H,5-6,11-16H2,(H,26,29). The highest BCUT2D eigenvalue weighted by Crippen LogP contribution is 2.37. The van der Waals surface area contributed by atoms with Crippen LogP contribution in [0.25, 0.3) is 0 Å². The van der Waals surface area contributed by atoms with Crippen molar-refractivity contribution in [1.82, 2.24) is 5.32 Å². The molecule has 1 fully saturated rings. The van der Waals surface area contributed by atoms with Crippen molar-refractivity contribution in [3.05, 3.63) is 54.1 Å². The first-order valence-electron chi connectivity index (χ1n) is 10.5. The van der Waals surface area contributed by atoms with Gasteiger partial charge in [0.25, 0.3) is 0 Å². The predicted octanol–water partition coefficient (Wildman–Crippen LogP) is 3.68. The topological polar surface area (TPSA) is 44.8 Å². The number of anilines is 2. The zero-order valence-electron chi connectivity index (χ0n) is 16.9. The summed E-state index contributed by atoms with van der Waals surface area (Å²) in [5.41, 5.74) is 3.29. The molecule has 0 saturated heterocycles. The van der Waals surface area contributed by atoms with Crippen LogP contribution in [0.2, 0.25) is 0 Å². The Morgan fingerprint density at radius 3 is 2.37 bits per heavy atom. The summed E-state index contributed by atoms with van der Waals surface area (Å²) in [5, 5.41) is 2.96. The number of para-hydroxylation sites is 2. The van der Waals surface area contributed by atoms with Crippen molar-refractivity contribution < 1.29 is 18.3 Å². The molecule has 1 aliphatic carbocycles. The van der Waals surface area contributed by atoms with Crippen LogP contribution >= 0.6 is 0 Å². The number of alkyl halides is 2. The van der Waals surface area contributed by atoms with Gasteiger partial charge in [-0.05, 0) is 55.0 Å². The molecule has 1 aliphatic heterocycles. The summed E-state index contributed by atoms with van der Waals surface area (Å²) in [4.78, 5) is 17.1. The Morgan fingerprint density at radius 2 is 1.70 bits per heavy atom. The van der Waals surface area contributed by atoms with Crippen LogP contribution in [0.4, 0.5) is 20.2 Å². The highest BCUT2D eigenvalue weighted by molar-refractivity contribution is 5.84. The Morgan fingerprint density at radius 1 is 1.03 bits per heavy atom. The molecule has 5 nitrogen and oxygen atoms in total. The lowest BCUT2D eigenvalue weighted by Gasteiger charge is -2.38. The van der Waals surface area contributed by atoms with Crippen LogP contribution in [0.5, 0.6) is 5.75 Å². The summed E-state index contributed by atoms with van der Waals surface area (Å²) in [5.74, 6) is 0.944. The van der Waals surface area contributed by atoms with E-state index < -0.39 is 6.61 Å². The second-order valence-electron chi connectivity index (χ2n) is 7.92. The second kappa shape index (κ2) is 9.32. The summed E-state index contributed by atoms with van der Waals surface area (Å²) < 4.78 is 28.7. The predicted molar refractivity (Wildman–Crippen MR) is 113 cm³/mol. The molecule has 4 rings (SSSR count). The molecule has 2 aromatic rings. The van der Waals surface area contributed by atoms with E-state index in [1.54, 1.807) is 12.1 Å². The van der Waals surface area contributed by atoms with Gasteiger partial charge in [0.1, 0.15) is 5.75 Å². The van der Waals surface area contributed by atoms with Crippen LogP contribution < -0.4 is 19.9 Å². The first-order chi connectivity index (χ1) is 14.6. The minimum Gasteiger partial charge on any atom is -0.435 e. The van der Waals surface area contributed by atoms with E-state index in [1.165, 1.54) is 30.7 Å². The lowest BCUT2D eigenvalue weighted by Crippen LogP contribution is -2.46. The van der Waals surface area contributed by atoms with Crippen LogP contribution in [0.3, 0.4) is 0 Å². The van der Waals surface area contributed by atoms with Gasteiger partial charge in [-0.1, -0.05) is 24.3 Å². The van der Waals surface area contributed by atoms with Gasteiger partial charge in [-0.2, -0.15) is 8.78 Å². The summed E-state index contributed by atoms with van der Waals surface area (Å²) in [7, 11) is 0. The number of benzene rings is 2. The first kappa shape index (κ1) is 20.4. The number of halogens is 2. The van der Waals surface area contributed by atoms with Crippen molar-refractivity contribution in [3.63, 3.8) is 0 Å². The van der Waals surface area contributed by atoms with Crippen molar-refractivity contribution >= 4 is 17.3 Å². The number of carbonyl (C=O) groups is 1. The van der Waals surface area contributed by atoms with Gasteiger partial charge < -0.3 is 19.9 Å². The van der Waals surface area contributed by atoms with Crippen molar-refractivity contribution in [2.45, 2.75) is 25.9 Å². The van der Waals surface area contributed by atoms with Gasteiger partial charge in [-0.25, -0.2) is 0 Å². The molecule has 2 aliphatic rings. The maximum absolute atomic E-state index is 12.5. The minimum absolute atomic E-state index is 0.0156. The zero-order chi connectivity index (χ0) is 20.9. The maximum atomic E-state index is 12.5. The van der Waals surface area contributed by atoms with Gasteiger partial charge in [0.15, 0.2) is 0 Å². The van der Waals surface area contributed by atoms with Crippen LogP contribution in [0.15, 0.2) is 48.5 Å². The SMILES string of the molecule is O=C(CN1CCN(CC2CC2)c2ccccc21)NCCc1ccc(OC(F)F)cc1. The Labute approximate surface area is 175 Å². The summed E-state index contributed by atoms with van der Waals surface area (Å²) in [6.07, 6.45) is 3.28. The molecule has 0 radical (unpaired) electrons. The summed E-state index contributed by atoms with van der Waals surface area (Å²) >= 11 is 0. The summed E-state index contributed by atoms with van der Waals surface area (Å²) in [6.45, 7) is 0.886. The van der Waals surface area contributed by atoms with Gasteiger partial charge in [-0.15, -0.1) is 0 Å². The van der Waals surface area contributed by atoms with Crippen LogP contribution in [0, 0.1) is 5.92 Å². The maximum Gasteiger partial charge on any atom is 0.387 e. The third-order valence-corrected chi connectivity index (χ3v) is 5.60. The van der Waals surface area contributed by atoms with Gasteiger partial charge in [0.2, 0.25) is 5.91 Å². The molecule has 0 aromatic heterocycles. The number of carbonyl (C=O) groups excluding carboxylic acids is 1. The van der Waals surface area contributed by atoms with Gasteiger partial charge in [0, 0.05) is 26.2 Å². The second-order valence-corrected chi connectivity index (χ2v) is 7.92. The zero-order valence-corrected chi connectivity index (χ0v) is 16.9. The molecule has 1 N–H and O–H groups in total. The van der Waals surface area contributed by atoms with Crippen molar-refractivity contribution in [1.29, 1.82) is 0 Å². The number of rotatable bonds is 9. The van der Waals surface area contributed by atoms with E-state index in [9.17, 15) is 13.6 Å². The fourth-order valence-corrected chi connectivity index (χ4v) is 3.86. The molecule has 0 bridgehead atoms. The van der Waals surface area contributed by atoms with E-state index in [4.69, 9.17) is 0 Å². The number of amides is 1. The molecular weight excluding hydrogens is 388 g/mol. The van der Waals surface area contributed by atoms with Crippen molar-refractivity contribution in [3.8, 4) is 5.75 Å². The Bertz CT molecular complexity index is 856. The number of fused-ring (bicyclic) bond motifs is 1. The highest BCUT2D eigenvalue weighted by atomic mass is 19.3. The average Bonchev–Trinajstić information content (AvgIpc) is 3.55. The Balaban J connectivity index is 1.26. The van der Waals surface area contributed by atoms with E-state index in [0.717, 1.165) is 36.8 Å². The van der Waals surface area contributed by atoms with Gasteiger partial charge in [0.05, 0.1) is 17.9 Å². The number of ether oxygens (including phenoxy) is 1. The molecule has 7 heteroatoms. The van der Waals surface area contributed by atoms with Crippen molar-refractivity contribution in [2.24, 2.45) is 5.92 Å². The third-order valence-electron chi connectivity index (χ3n) is 5.60. The van der Waals surface area contributed by atoms with E-state index in [2.05, 4.69) is 38.1 Å². The fraction of sp³-hybridized carbons (Fsp3) is 0.435. The fourth-order valence-electron chi connectivity index (χ4n) is 3.86. The lowest BCUT2D eigenvalue weighted by molar-refractivity contribution is -0.119. The molecule has 1 heterocycles. The smallest absolute Gasteiger partial charge is 0.387 e. The normalized spacial score (nSPS) is 15.8. The number of hydrogen-bond donors (Lipinski definition) is 1. The molecule has 30 heavy (non-hydrogen) atoms. The van der Waals surface area contributed by atoms with Crippen LogP contribution in [0.1, 0.15) is 18.4 Å². The first-order valence-corrected chi connectivity index (χ1v) is 10.5. The largest absolute Gasteiger partial charge is 0.435 e. The van der Waals surface area contributed by atoms with E-state index in [-0.39, 0.29) is 11.7 Å². The van der Waals surface area contributed by atoms with Gasteiger partial charge >= 0.3 is 6.61 Å². The third kappa shape index (κ3) is 5.40. The molecule has 1 saturated carbocycles. The monoisotopic (exact) mass is 415 g/mol. The quantitative estimate of drug-likeness (QED) is 0.679. The van der Waals surface area contributed by atoms with E-state index >= 15 is 0 Å². The number of nitrogens with zero attached hydrogens (tertiary/aromatic N) is 2. The number of nitrogens with one attached hydrogen (secondary N) is 1. The lowest BCUT2D eigenvalue weighted by atomic mass is 10.1. The van der Waals surface area contributed by atoms with Crippen molar-refractivity contribution in [2.75, 3.05) is 42.5 Å². The molecular formula is C23H27F2N3O2. The minimum atomic E-state index is -2.82. The molecule has 0 unspecified atom stereocenters. The Kier molecular flexibility index (Phi) is 6.35. The van der Waals surface area contributed by atoms with Gasteiger partial charge in [-0.3, -0.25) is 4.79 Å². The molecule has 0 atom stereocenters. The van der Waals surface area contributed by atoms with E-state index in [0.29, 0.717) is 19.5 Å². The van der Waals surface area contributed by atoms with Crippen LogP contribution in [-0.2, 0) is 11.2 Å². The van der Waals surface area contributed by atoms with Crippen LogP contribution in [-0.4, -0.2) is 45.2 Å². The molecule has 2 aromatic carbocycles. The average molecular weight is 415 g/mol. The molecule has 1 amide bonds. The number of hydrogen-bond acceptors (Lipinski definition) is 4.